The van der Waals surface area contributed by atoms with E-state index < -0.39 is 12.1 Å². The van der Waals surface area contributed by atoms with Gasteiger partial charge in [-0.05, 0) is 43.5 Å². The zero-order valence-electron chi connectivity index (χ0n) is 15.4. The van der Waals surface area contributed by atoms with Gasteiger partial charge in [0.05, 0.1) is 6.61 Å². The molecule has 138 valence electrons. The topological polar surface area (TPSA) is 44.8 Å². The molecule has 0 aromatic heterocycles. The standard InChI is InChI=1S/C22H26O4/c1-4-24-15-21(26-22(23)17(2)3)16-25-20-12-10-19(11-13-20)14-18-8-6-5-7-9-18/h5-13,21H,2,4,14-16H2,1,3H3. The molecule has 0 saturated carbocycles. The first-order valence-electron chi connectivity index (χ1n) is 8.78. The number of carbonyl (C=O) groups is 1. The van der Waals surface area contributed by atoms with E-state index in [1.165, 1.54) is 11.1 Å². The van der Waals surface area contributed by atoms with Gasteiger partial charge < -0.3 is 14.2 Å². The van der Waals surface area contributed by atoms with Crippen molar-refractivity contribution in [3.63, 3.8) is 0 Å². The quantitative estimate of drug-likeness (QED) is 0.474. The Labute approximate surface area is 155 Å². The maximum absolute atomic E-state index is 11.7. The lowest BCUT2D eigenvalue weighted by Crippen LogP contribution is -2.30. The molecule has 26 heavy (non-hydrogen) atoms. The third-order valence-electron chi connectivity index (χ3n) is 3.74. The smallest absolute Gasteiger partial charge is 0.333 e. The Bertz CT molecular complexity index is 692. The van der Waals surface area contributed by atoms with Crippen molar-refractivity contribution in [3.05, 3.63) is 77.9 Å². The van der Waals surface area contributed by atoms with Gasteiger partial charge in [-0.3, -0.25) is 0 Å². The van der Waals surface area contributed by atoms with Crippen LogP contribution in [-0.4, -0.2) is 31.9 Å². The second-order valence-electron chi connectivity index (χ2n) is 6.08. The van der Waals surface area contributed by atoms with Crippen molar-refractivity contribution in [2.24, 2.45) is 0 Å². The summed E-state index contributed by atoms with van der Waals surface area (Å²) in [6.07, 6.45) is 0.410. The first-order chi connectivity index (χ1) is 12.6. The minimum atomic E-state index is -0.469. The summed E-state index contributed by atoms with van der Waals surface area (Å²) in [5.41, 5.74) is 2.84. The Morgan fingerprint density at radius 1 is 1.00 bits per heavy atom. The summed E-state index contributed by atoms with van der Waals surface area (Å²) >= 11 is 0. The lowest BCUT2D eigenvalue weighted by Gasteiger charge is -2.18. The molecule has 0 spiro atoms. The van der Waals surface area contributed by atoms with Gasteiger partial charge in [-0.15, -0.1) is 0 Å². The number of carbonyl (C=O) groups excluding carboxylic acids is 1. The molecule has 0 heterocycles. The highest BCUT2D eigenvalue weighted by atomic mass is 16.6. The minimum absolute atomic E-state index is 0.233. The molecule has 0 amide bonds. The van der Waals surface area contributed by atoms with E-state index in [1.807, 2.05) is 49.4 Å². The Morgan fingerprint density at radius 3 is 2.27 bits per heavy atom. The summed E-state index contributed by atoms with van der Waals surface area (Å²) in [7, 11) is 0. The van der Waals surface area contributed by atoms with Crippen LogP contribution in [-0.2, 0) is 20.7 Å². The van der Waals surface area contributed by atoms with E-state index in [9.17, 15) is 4.79 Å². The van der Waals surface area contributed by atoms with Gasteiger partial charge in [0.1, 0.15) is 12.4 Å². The molecule has 1 atom stereocenters. The summed E-state index contributed by atoms with van der Waals surface area (Å²) in [4.78, 5) is 11.7. The van der Waals surface area contributed by atoms with Crippen molar-refractivity contribution in [2.45, 2.75) is 26.4 Å². The fourth-order valence-electron chi connectivity index (χ4n) is 2.34. The van der Waals surface area contributed by atoms with Crippen LogP contribution >= 0.6 is 0 Å². The molecule has 0 fully saturated rings. The Balaban J connectivity index is 1.89. The third kappa shape index (κ3) is 6.73. The van der Waals surface area contributed by atoms with Crippen molar-refractivity contribution in [3.8, 4) is 5.75 Å². The van der Waals surface area contributed by atoms with E-state index in [0.29, 0.717) is 18.8 Å². The largest absolute Gasteiger partial charge is 0.490 e. The van der Waals surface area contributed by atoms with Crippen LogP contribution in [0.5, 0.6) is 5.75 Å². The zero-order valence-corrected chi connectivity index (χ0v) is 15.4. The molecule has 2 aromatic carbocycles. The lowest BCUT2D eigenvalue weighted by molar-refractivity contribution is -0.149. The van der Waals surface area contributed by atoms with Gasteiger partial charge in [0, 0.05) is 12.2 Å². The SMILES string of the molecule is C=C(C)C(=O)OC(COCC)COc1ccc(Cc2ccccc2)cc1. The number of esters is 1. The highest BCUT2D eigenvalue weighted by Gasteiger charge is 2.16. The van der Waals surface area contributed by atoms with Crippen molar-refractivity contribution >= 4 is 5.97 Å². The van der Waals surface area contributed by atoms with Gasteiger partial charge in [-0.2, -0.15) is 0 Å². The minimum Gasteiger partial charge on any atom is -0.490 e. The molecule has 1 unspecified atom stereocenters. The molecule has 0 N–H and O–H groups in total. The van der Waals surface area contributed by atoms with E-state index in [-0.39, 0.29) is 6.61 Å². The van der Waals surface area contributed by atoms with Crippen molar-refractivity contribution < 1.29 is 19.0 Å². The van der Waals surface area contributed by atoms with Crippen LogP contribution in [0, 0.1) is 0 Å². The zero-order chi connectivity index (χ0) is 18.8. The normalized spacial score (nSPS) is 11.6. The molecular formula is C22H26O4. The molecule has 2 aromatic rings. The highest BCUT2D eigenvalue weighted by Crippen LogP contribution is 2.16. The molecule has 4 heteroatoms. The fraction of sp³-hybridized carbons (Fsp3) is 0.318. The number of hydrogen-bond donors (Lipinski definition) is 0. The number of benzene rings is 2. The Morgan fingerprint density at radius 2 is 1.65 bits per heavy atom. The van der Waals surface area contributed by atoms with Gasteiger partial charge in [-0.1, -0.05) is 49.0 Å². The molecular weight excluding hydrogens is 328 g/mol. The second-order valence-corrected chi connectivity index (χ2v) is 6.08. The molecule has 0 radical (unpaired) electrons. The van der Waals surface area contributed by atoms with E-state index >= 15 is 0 Å². The Kier molecular flexibility index (Phi) is 7.90. The van der Waals surface area contributed by atoms with Gasteiger partial charge in [0.2, 0.25) is 0 Å². The molecule has 0 aliphatic carbocycles. The average Bonchev–Trinajstić information content (AvgIpc) is 2.65. The molecule has 0 saturated heterocycles. The molecule has 4 nitrogen and oxygen atoms in total. The van der Waals surface area contributed by atoms with E-state index in [4.69, 9.17) is 14.2 Å². The lowest BCUT2D eigenvalue weighted by atomic mass is 10.1. The van der Waals surface area contributed by atoms with E-state index in [0.717, 1.165) is 12.2 Å². The number of ether oxygens (including phenoxy) is 3. The summed E-state index contributed by atoms with van der Waals surface area (Å²) in [6, 6.07) is 18.2. The summed E-state index contributed by atoms with van der Waals surface area (Å²) < 4.78 is 16.5. The van der Waals surface area contributed by atoms with Crippen LogP contribution in [0.3, 0.4) is 0 Å². The van der Waals surface area contributed by atoms with Crippen LogP contribution in [0.1, 0.15) is 25.0 Å². The van der Waals surface area contributed by atoms with Gasteiger partial charge in [-0.25, -0.2) is 4.79 Å². The van der Waals surface area contributed by atoms with E-state index in [2.05, 4.69) is 18.7 Å². The van der Waals surface area contributed by atoms with Crippen LogP contribution in [0.15, 0.2) is 66.7 Å². The first-order valence-corrected chi connectivity index (χ1v) is 8.78. The van der Waals surface area contributed by atoms with Gasteiger partial charge >= 0.3 is 5.97 Å². The van der Waals surface area contributed by atoms with Crippen molar-refractivity contribution in [2.75, 3.05) is 19.8 Å². The van der Waals surface area contributed by atoms with Crippen LogP contribution in [0.2, 0.25) is 0 Å². The Hall–Kier alpha value is -2.59. The summed E-state index contributed by atoms with van der Waals surface area (Å²) in [6.45, 7) is 8.18. The third-order valence-corrected chi connectivity index (χ3v) is 3.74. The second kappa shape index (κ2) is 10.4. The maximum atomic E-state index is 11.7. The molecule has 0 aliphatic heterocycles. The predicted molar refractivity (Wildman–Crippen MR) is 102 cm³/mol. The van der Waals surface area contributed by atoms with Crippen LogP contribution in [0.4, 0.5) is 0 Å². The predicted octanol–water partition coefficient (Wildman–Crippen LogP) is 4.18. The van der Waals surface area contributed by atoms with E-state index in [1.54, 1.807) is 6.92 Å². The molecule has 2 rings (SSSR count). The monoisotopic (exact) mass is 354 g/mol. The highest BCUT2D eigenvalue weighted by molar-refractivity contribution is 5.87. The van der Waals surface area contributed by atoms with Gasteiger partial charge in [0.15, 0.2) is 6.10 Å². The first kappa shape index (κ1) is 19.7. The fourth-order valence-corrected chi connectivity index (χ4v) is 2.34. The summed E-state index contributed by atoms with van der Waals surface area (Å²) in [5, 5.41) is 0. The number of rotatable bonds is 10. The van der Waals surface area contributed by atoms with Crippen LogP contribution in [0.25, 0.3) is 0 Å². The number of hydrogen-bond acceptors (Lipinski definition) is 4. The van der Waals surface area contributed by atoms with Crippen LogP contribution < -0.4 is 4.74 Å². The van der Waals surface area contributed by atoms with Gasteiger partial charge in [0.25, 0.3) is 0 Å². The van der Waals surface area contributed by atoms with Crippen molar-refractivity contribution in [1.29, 1.82) is 0 Å². The van der Waals surface area contributed by atoms with Crippen molar-refractivity contribution in [1.82, 2.24) is 0 Å². The summed E-state index contributed by atoms with van der Waals surface area (Å²) in [5.74, 6) is 0.297. The molecule has 0 aliphatic rings. The molecule has 0 bridgehead atoms. The average molecular weight is 354 g/mol. The maximum Gasteiger partial charge on any atom is 0.333 e.